The van der Waals surface area contributed by atoms with Crippen molar-refractivity contribution in [2.24, 2.45) is 0 Å². The predicted molar refractivity (Wildman–Crippen MR) is 157 cm³/mol. The summed E-state index contributed by atoms with van der Waals surface area (Å²) in [4.78, 5) is 52.8. The van der Waals surface area contributed by atoms with E-state index < -0.39 is 41.6 Å². The van der Waals surface area contributed by atoms with Gasteiger partial charge in [0.1, 0.15) is 24.3 Å². The molecular formula is C33H37N3O6. The van der Waals surface area contributed by atoms with Crippen LogP contribution >= 0.6 is 0 Å². The number of carbonyl (C=O) groups excluding carboxylic acids is 4. The van der Waals surface area contributed by atoms with Crippen molar-refractivity contribution in [2.45, 2.75) is 63.4 Å². The van der Waals surface area contributed by atoms with Gasteiger partial charge in [0.2, 0.25) is 11.8 Å². The van der Waals surface area contributed by atoms with Crippen LogP contribution in [0.5, 0.6) is 0 Å². The first kappa shape index (κ1) is 30.5. The maximum Gasteiger partial charge on any atom is 0.408 e. The molecular weight excluding hydrogens is 534 g/mol. The van der Waals surface area contributed by atoms with Crippen LogP contribution in [0.3, 0.4) is 0 Å². The van der Waals surface area contributed by atoms with Gasteiger partial charge >= 0.3 is 6.09 Å². The molecule has 0 saturated carbocycles. The van der Waals surface area contributed by atoms with Crippen LogP contribution in [0.2, 0.25) is 0 Å². The van der Waals surface area contributed by atoms with Crippen LogP contribution in [-0.4, -0.2) is 54.0 Å². The lowest BCUT2D eigenvalue weighted by Crippen LogP contribution is -2.57. The fourth-order valence-electron chi connectivity index (χ4n) is 4.54. The van der Waals surface area contributed by atoms with Gasteiger partial charge in [0.05, 0.1) is 12.6 Å². The lowest BCUT2D eigenvalue weighted by atomic mass is 9.94. The first-order chi connectivity index (χ1) is 20.3. The molecule has 9 nitrogen and oxygen atoms in total. The molecule has 4 atom stereocenters. The molecule has 1 unspecified atom stereocenters. The van der Waals surface area contributed by atoms with Gasteiger partial charge in [-0.15, -0.1) is 0 Å². The van der Waals surface area contributed by atoms with Crippen LogP contribution in [0.4, 0.5) is 4.79 Å². The molecule has 0 radical (unpaired) electrons. The summed E-state index contributed by atoms with van der Waals surface area (Å²) in [6.45, 7) is 3.81. The number of nitrogens with one attached hydrogen (secondary N) is 3. The fraction of sp³-hybridized carbons (Fsp3) is 0.333. The van der Waals surface area contributed by atoms with E-state index in [1.54, 1.807) is 13.8 Å². The van der Waals surface area contributed by atoms with E-state index in [4.69, 9.17) is 9.47 Å². The minimum absolute atomic E-state index is 0.0588. The molecule has 0 aliphatic carbocycles. The van der Waals surface area contributed by atoms with Crippen molar-refractivity contribution in [1.82, 2.24) is 16.0 Å². The van der Waals surface area contributed by atoms with Gasteiger partial charge in [-0.2, -0.15) is 0 Å². The standard InChI is InChI=1S/C33H37N3O6/c1-3-26(36-32(40)41-21-25-17-11-6-12-18-25)30(38)35-28(20-24-15-9-5-10-16-24)31(39)34-27(29(37)33(2)22-42-33)19-23-13-7-4-8-14-23/h4-18,26-28H,3,19-22H2,1-2H3,(H,34,39)(H,35,38)(H,36,40)/t26?,27-,28-,33+/m0/s1. The molecule has 1 aliphatic heterocycles. The van der Waals surface area contributed by atoms with Crippen LogP contribution in [0, 0.1) is 0 Å². The molecule has 3 N–H and O–H groups in total. The van der Waals surface area contributed by atoms with Gasteiger partial charge in [-0.3, -0.25) is 14.4 Å². The molecule has 220 valence electrons. The van der Waals surface area contributed by atoms with Crippen LogP contribution in [0.15, 0.2) is 91.0 Å². The average molecular weight is 572 g/mol. The lowest BCUT2D eigenvalue weighted by molar-refractivity contribution is -0.133. The second kappa shape index (κ2) is 14.4. The number of alkyl carbamates (subject to hydrolysis) is 1. The molecule has 1 heterocycles. The summed E-state index contributed by atoms with van der Waals surface area (Å²) in [6, 6.07) is 25.1. The zero-order valence-corrected chi connectivity index (χ0v) is 23.9. The van der Waals surface area contributed by atoms with Crippen molar-refractivity contribution < 1.29 is 28.7 Å². The smallest absolute Gasteiger partial charge is 0.408 e. The molecule has 1 aliphatic rings. The Kier molecular flexibility index (Phi) is 10.4. The summed E-state index contributed by atoms with van der Waals surface area (Å²) < 4.78 is 10.7. The highest BCUT2D eigenvalue weighted by molar-refractivity contribution is 5.98. The van der Waals surface area contributed by atoms with Crippen LogP contribution in [0.1, 0.15) is 37.0 Å². The zero-order valence-electron chi connectivity index (χ0n) is 23.9. The number of ether oxygens (including phenoxy) is 2. The second-order valence-corrected chi connectivity index (χ2v) is 10.6. The maximum atomic E-state index is 13.7. The Morgan fingerprint density at radius 1 is 0.714 bits per heavy atom. The fourth-order valence-corrected chi connectivity index (χ4v) is 4.54. The average Bonchev–Trinajstić information content (AvgIpc) is 3.77. The number of carbonyl (C=O) groups is 4. The van der Waals surface area contributed by atoms with E-state index in [0.717, 1.165) is 16.7 Å². The Balaban J connectivity index is 1.45. The highest BCUT2D eigenvalue weighted by atomic mass is 16.6. The molecule has 1 saturated heterocycles. The first-order valence-corrected chi connectivity index (χ1v) is 14.1. The second-order valence-electron chi connectivity index (χ2n) is 10.6. The summed E-state index contributed by atoms with van der Waals surface area (Å²) in [7, 11) is 0. The van der Waals surface area contributed by atoms with Crippen molar-refractivity contribution in [1.29, 1.82) is 0 Å². The molecule has 0 aromatic heterocycles. The third-order valence-electron chi connectivity index (χ3n) is 7.16. The van der Waals surface area contributed by atoms with Crippen molar-refractivity contribution in [3.63, 3.8) is 0 Å². The number of amides is 3. The Hall–Kier alpha value is -4.50. The van der Waals surface area contributed by atoms with E-state index in [-0.39, 0.29) is 31.7 Å². The zero-order chi connectivity index (χ0) is 30.0. The van der Waals surface area contributed by atoms with E-state index in [9.17, 15) is 19.2 Å². The summed E-state index contributed by atoms with van der Waals surface area (Å²) in [6.07, 6.45) is 0.00318. The predicted octanol–water partition coefficient (Wildman–Crippen LogP) is 3.50. The molecule has 9 heteroatoms. The van der Waals surface area contributed by atoms with Gasteiger partial charge < -0.3 is 25.4 Å². The molecule has 0 spiro atoms. The Bertz CT molecular complexity index is 1350. The summed E-state index contributed by atoms with van der Waals surface area (Å²) in [5.74, 6) is -1.26. The summed E-state index contributed by atoms with van der Waals surface area (Å²) >= 11 is 0. The van der Waals surface area contributed by atoms with Crippen molar-refractivity contribution in [3.8, 4) is 0 Å². The highest BCUT2D eigenvalue weighted by Gasteiger charge is 2.50. The van der Waals surface area contributed by atoms with Gasteiger partial charge in [0, 0.05) is 6.42 Å². The summed E-state index contributed by atoms with van der Waals surface area (Å²) in [5, 5.41) is 8.26. The Morgan fingerprint density at radius 3 is 1.67 bits per heavy atom. The minimum atomic E-state index is -1.00. The van der Waals surface area contributed by atoms with Crippen molar-refractivity contribution >= 4 is 23.7 Å². The first-order valence-electron chi connectivity index (χ1n) is 14.1. The molecule has 3 amide bonds. The number of Topliss-reactive ketones (excluding diaryl/α,β-unsaturated/α-hetero) is 1. The number of hydrogen-bond donors (Lipinski definition) is 3. The molecule has 3 aromatic carbocycles. The van der Waals surface area contributed by atoms with E-state index in [1.807, 2.05) is 91.0 Å². The monoisotopic (exact) mass is 571 g/mol. The molecule has 3 aromatic rings. The van der Waals surface area contributed by atoms with Crippen LogP contribution in [-0.2, 0) is 43.3 Å². The Morgan fingerprint density at radius 2 is 1.17 bits per heavy atom. The summed E-state index contributed by atoms with van der Waals surface area (Å²) in [5.41, 5.74) is 1.58. The SMILES string of the molecule is CCC(NC(=O)OCc1ccccc1)C(=O)N[C@@H](Cc1ccccc1)C(=O)N[C@@H](Cc1ccccc1)C(=O)[C@@]1(C)CO1. The molecule has 1 fully saturated rings. The van der Waals surface area contributed by atoms with Crippen LogP contribution in [0.25, 0.3) is 0 Å². The van der Waals surface area contributed by atoms with Crippen LogP contribution < -0.4 is 16.0 Å². The van der Waals surface area contributed by atoms with E-state index in [1.165, 1.54) is 0 Å². The number of ketones is 1. The van der Waals surface area contributed by atoms with Gasteiger partial charge in [0.25, 0.3) is 0 Å². The molecule has 42 heavy (non-hydrogen) atoms. The number of rotatable bonds is 14. The van der Waals surface area contributed by atoms with Gasteiger partial charge in [-0.1, -0.05) is 97.9 Å². The van der Waals surface area contributed by atoms with E-state index in [0.29, 0.717) is 6.61 Å². The van der Waals surface area contributed by atoms with Gasteiger partial charge in [-0.05, 0) is 36.5 Å². The largest absolute Gasteiger partial charge is 0.445 e. The normalized spacial score (nSPS) is 17.7. The van der Waals surface area contributed by atoms with Gasteiger partial charge in [0.15, 0.2) is 5.78 Å². The quantitative estimate of drug-likeness (QED) is 0.254. The van der Waals surface area contributed by atoms with E-state index in [2.05, 4.69) is 16.0 Å². The van der Waals surface area contributed by atoms with Crippen molar-refractivity contribution in [2.75, 3.05) is 6.61 Å². The van der Waals surface area contributed by atoms with Crippen molar-refractivity contribution in [3.05, 3.63) is 108 Å². The molecule has 0 bridgehead atoms. The van der Waals surface area contributed by atoms with Gasteiger partial charge in [-0.25, -0.2) is 4.79 Å². The number of benzene rings is 3. The maximum absolute atomic E-state index is 13.7. The van der Waals surface area contributed by atoms with E-state index >= 15 is 0 Å². The Labute approximate surface area is 246 Å². The number of hydrogen-bond acceptors (Lipinski definition) is 6. The highest BCUT2D eigenvalue weighted by Crippen LogP contribution is 2.29. The third kappa shape index (κ3) is 8.75. The topological polar surface area (TPSA) is 126 Å². The minimum Gasteiger partial charge on any atom is -0.445 e. The molecule has 4 rings (SSSR count). The third-order valence-corrected chi connectivity index (χ3v) is 7.16. The lowest BCUT2D eigenvalue weighted by Gasteiger charge is -2.26. The number of epoxide rings is 1.